The van der Waals surface area contributed by atoms with Crippen LogP contribution in [0.15, 0.2) is 12.1 Å². The minimum absolute atomic E-state index is 0.211. The number of hydrogen-bond acceptors (Lipinski definition) is 3. The molecule has 2 unspecified atom stereocenters. The smallest absolute Gasteiger partial charge is 0.328 e. The Morgan fingerprint density at radius 1 is 1.52 bits per heavy atom. The zero-order valence-corrected chi connectivity index (χ0v) is 11.7. The van der Waals surface area contributed by atoms with Crippen molar-refractivity contribution in [2.45, 2.75) is 32.2 Å². The van der Waals surface area contributed by atoms with Crippen LogP contribution in [0.2, 0.25) is 0 Å². The summed E-state index contributed by atoms with van der Waals surface area (Å²) in [6, 6.07) is 1.36. The number of rotatable bonds is 5. The topological polar surface area (TPSA) is 55.4 Å². The number of carbonyl (C=O) groups is 2. The van der Waals surface area contributed by atoms with Gasteiger partial charge in [-0.15, -0.1) is 0 Å². The van der Waals surface area contributed by atoms with Gasteiger partial charge in [-0.2, -0.15) is 0 Å². The number of amides is 1. The van der Waals surface area contributed by atoms with Gasteiger partial charge in [-0.25, -0.2) is 13.6 Å². The predicted octanol–water partition coefficient (Wildman–Crippen LogP) is 1.75. The molecule has 2 atom stereocenters. The highest BCUT2D eigenvalue weighted by molar-refractivity contribution is 5.78. The van der Waals surface area contributed by atoms with Crippen LogP contribution < -0.4 is 5.32 Å². The second-order valence-corrected chi connectivity index (χ2v) is 5.04. The molecule has 114 valence electrons. The summed E-state index contributed by atoms with van der Waals surface area (Å²) in [5, 5.41) is 2.45. The molecule has 0 bridgehead atoms. The van der Waals surface area contributed by atoms with Crippen LogP contribution in [-0.2, 0) is 27.2 Å². The molecule has 0 aromatic heterocycles. The monoisotopic (exact) mass is 297 g/mol. The van der Waals surface area contributed by atoms with Crippen LogP contribution >= 0.6 is 0 Å². The Labute approximate surface area is 121 Å². The largest absolute Gasteiger partial charge is 0.464 e. The summed E-state index contributed by atoms with van der Waals surface area (Å²) in [6.07, 6.45) is 1.71. The van der Waals surface area contributed by atoms with E-state index in [0.717, 1.165) is 6.07 Å². The number of esters is 1. The lowest BCUT2D eigenvalue weighted by Gasteiger charge is -2.30. The highest BCUT2D eigenvalue weighted by atomic mass is 19.1. The van der Waals surface area contributed by atoms with E-state index in [1.807, 2.05) is 0 Å². The van der Waals surface area contributed by atoms with Gasteiger partial charge in [-0.3, -0.25) is 4.79 Å². The quantitative estimate of drug-likeness (QED) is 0.665. The van der Waals surface area contributed by atoms with E-state index >= 15 is 0 Å². The van der Waals surface area contributed by atoms with Crippen LogP contribution in [0.4, 0.5) is 8.78 Å². The van der Waals surface area contributed by atoms with Crippen molar-refractivity contribution < 1.29 is 23.1 Å². The Morgan fingerprint density at radius 3 is 2.95 bits per heavy atom. The molecule has 21 heavy (non-hydrogen) atoms. The predicted molar refractivity (Wildman–Crippen MR) is 71.5 cm³/mol. The summed E-state index contributed by atoms with van der Waals surface area (Å²) in [5.74, 6) is -1.94. The Bertz CT molecular complexity index is 548. The zero-order chi connectivity index (χ0) is 15.4. The number of fused-ring (bicyclic) bond motifs is 1. The first-order valence-corrected chi connectivity index (χ1v) is 6.90. The van der Waals surface area contributed by atoms with Gasteiger partial charge in [0.2, 0.25) is 6.41 Å². The lowest BCUT2D eigenvalue weighted by Crippen LogP contribution is -2.45. The Balaban J connectivity index is 2.21. The van der Waals surface area contributed by atoms with Crippen molar-refractivity contribution in [1.29, 1.82) is 0 Å². The van der Waals surface area contributed by atoms with E-state index in [0.29, 0.717) is 36.8 Å². The molecular weight excluding hydrogens is 280 g/mol. The zero-order valence-electron chi connectivity index (χ0n) is 11.7. The number of hydrogen-bond donors (Lipinski definition) is 1. The second-order valence-electron chi connectivity index (χ2n) is 5.04. The molecule has 1 aliphatic carbocycles. The summed E-state index contributed by atoms with van der Waals surface area (Å²) >= 11 is 0. The first kappa shape index (κ1) is 15.4. The molecule has 1 aliphatic rings. The lowest BCUT2D eigenvalue weighted by atomic mass is 9.79. The van der Waals surface area contributed by atoms with Gasteiger partial charge in [-0.1, -0.05) is 0 Å². The fraction of sp³-hybridized carbons (Fsp3) is 0.467. The Hall–Kier alpha value is -1.98. The molecule has 2 rings (SSSR count). The molecule has 4 nitrogen and oxygen atoms in total. The minimum Gasteiger partial charge on any atom is -0.464 e. The first-order valence-electron chi connectivity index (χ1n) is 6.90. The highest BCUT2D eigenvalue weighted by Gasteiger charge is 2.33. The number of carbonyl (C=O) groups excluding carboxylic acids is 2. The van der Waals surface area contributed by atoms with Crippen molar-refractivity contribution in [2.75, 3.05) is 6.61 Å². The molecule has 0 saturated heterocycles. The molecule has 0 aliphatic heterocycles. The number of halogens is 2. The van der Waals surface area contributed by atoms with E-state index in [2.05, 4.69) is 5.32 Å². The highest BCUT2D eigenvalue weighted by Crippen LogP contribution is 2.30. The molecule has 0 radical (unpaired) electrons. The summed E-state index contributed by atoms with van der Waals surface area (Å²) in [5.41, 5.74) is 1.03. The third kappa shape index (κ3) is 3.37. The van der Waals surface area contributed by atoms with Gasteiger partial charge in [0.25, 0.3) is 0 Å². The number of nitrogens with one attached hydrogen (secondary N) is 1. The van der Waals surface area contributed by atoms with Crippen molar-refractivity contribution in [3.8, 4) is 0 Å². The molecule has 1 N–H and O–H groups in total. The van der Waals surface area contributed by atoms with E-state index in [1.165, 1.54) is 6.07 Å². The van der Waals surface area contributed by atoms with Crippen LogP contribution in [0.1, 0.15) is 24.5 Å². The van der Waals surface area contributed by atoms with Gasteiger partial charge in [0.1, 0.15) is 17.7 Å². The van der Waals surface area contributed by atoms with Crippen molar-refractivity contribution >= 4 is 12.4 Å². The molecule has 1 aromatic rings. The average Bonchev–Trinajstić information content (AvgIpc) is 2.44. The summed E-state index contributed by atoms with van der Waals surface area (Å²) in [6.45, 7) is 1.89. The lowest BCUT2D eigenvalue weighted by molar-refractivity contribution is -0.148. The maximum atomic E-state index is 13.7. The molecule has 0 heterocycles. The number of benzene rings is 1. The average molecular weight is 297 g/mol. The molecule has 0 spiro atoms. The normalized spacial score (nSPS) is 18.5. The van der Waals surface area contributed by atoms with E-state index in [9.17, 15) is 18.4 Å². The first-order chi connectivity index (χ1) is 10.1. The standard InChI is InChI=1S/C15H17F2NO3/c1-2-21-15(20)14(18-8-19)9-3-4-12-10(5-9)6-11(16)7-13(12)17/h6-9,14H,2-5H2,1H3,(H,18,19). The third-order valence-corrected chi connectivity index (χ3v) is 3.76. The second kappa shape index (κ2) is 6.65. The van der Waals surface area contributed by atoms with E-state index in [4.69, 9.17) is 4.74 Å². The van der Waals surface area contributed by atoms with Crippen molar-refractivity contribution in [2.24, 2.45) is 5.92 Å². The van der Waals surface area contributed by atoms with Gasteiger partial charge in [0, 0.05) is 6.07 Å². The van der Waals surface area contributed by atoms with Gasteiger partial charge < -0.3 is 10.1 Å². The van der Waals surface area contributed by atoms with Crippen molar-refractivity contribution in [1.82, 2.24) is 5.32 Å². The van der Waals surface area contributed by atoms with E-state index in [1.54, 1.807) is 6.92 Å². The third-order valence-electron chi connectivity index (χ3n) is 3.76. The van der Waals surface area contributed by atoms with Gasteiger partial charge >= 0.3 is 5.97 Å². The minimum atomic E-state index is -0.790. The summed E-state index contributed by atoms with van der Waals surface area (Å²) in [4.78, 5) is 22.6. The molecule has 1 aromatic carbocycles. The van der Waals surface area contributed by atoms with Crippen LogP contribution in [0.5, 0.6) is 0 Å². The SMILES string of the molecule is CCOC(=O)C(NC=O)C1CCc2c(F)cc(F)cc2C1. The van der Waals surface area contributed by atoms with E-state index < -0.39 is 23.6 Å². The molecule has 6 heteroatoms. The van der Waals surface area contributed by atoms with Crippen LogP contribution in [-0.4, -0.2) is 25.0 Å². The maximum Gasteiger partial charge on any atom is 0.328 e. The summed E-state index contributed by atoms with van der Waals surface area (Å²) < 4.78 is 31.9. The van der Waals surface area contributed by atoms with Crippen molar-refractivity contribution in [3.05, 3.63) is 34.9 Å². The fourth-order valence-corrected chi connectivity index (χ4v) is 2.82. The van der Waals surface area contributed by atoms with Crippen LogP contribution in [0.3, 0.4) is 0 Å². The molecule has 0 fully saturated rings. The number of ether oxygens (including phenoxy) is 1. The van der Waals surface area contributed by atoms with Crippen molar-refractivity contribution in [3.63, 3.8) is 0 Å². The molecule has 0 saturated carbocycles. The van der Waals surface area contributed by atoms with Crippen LogP contribution in [0, 0.1) is 17.6 Å². The van der Waals surface area contributed by atoms with Gasteiger partial charge in [-0.05, 0) is 49.3 Å². The Kier molecular flexibility index (Phi) is 4.88. The molecule has 1 amide bonds. The van der Waals surface area contributed by atoms with Gasteiger partial charge in [0.05, 0.1) is 6.61 Å². The summed E-state index contributed by atoms with van der Waals surface area (Å²) in [7, 11) is 0. The van der Waals surface area contributed by atoms with Crippen LogP contribution in [0.25, 0.3) is 0 Å². The Morgan fingerprint density at radius 2 is 2.29 bits per heavy atom. The molecular formula is C15H17F2NO3. The maximum absolute atomic E-state index is 13.7. The van der Waals surface area contributed by atoms with E-state index in [-0.39, 0.29) is 12.5 Å². The fourth-order valence-electron chi connectivity index (χ4n) is 2.82. The van der Waals surface area contributed by atoms with Gasteiger partial charge in [0.15, 0.2) is 0 Å².